The fourth-order valence-electron chi connectivity index (χ4n) is 2.71. The maximum absolute atomic E-state index is 9.97. The molecular formula is C18H37NO2. The van der Waals surface area contributed by atoms with Crippen LogP contribution in [0.25, 0.3) is 0 Å². The Labute approximate surface area is 132 Å². The first-order valence-corrected chi connectivity index (χ1v) is 9.13. The Morgan fingerprint density at radius 1 is 0.857 bits per heavy atom. The maximum atomic E-state index is 9.97. The molecule has 126 valence electrons. The summed E-state index contributed by atoms with van der Waals surface area (Å²) in [6.45, 7) is 6.85. The van der Waals surface area contributed by atoms with E-state index < -0.39 is 0 Å². The Morgan fingerprint density at radius 3 is 2.24 bits per heavy atom. The number of unbranched alkanes of at least 4 members (excludes halogenated alkanes) is 7. The van der Waals surface area contributed by atoms with Gasteiger partial charge in [0.15, 0.2) is 0 Å². The molecule has 0 rings (SSSR count). The van der Waals surface area contributed by atoms with E-state index >= 15 is 0 Å². The van der Waals surface area contributed by atoms with Crippen LogP contribution in [0.4, 0.5) is 0 Å². The molecule has 0 fully saturated rings. The lowest BCUT2D eigenvalue weighted by atomic mass is 10.0. The summed E-state index contributed by atoms with van der Waals surface area (Å²) in [5, 5.41) is 3.74. The van der Waals surface area contributed by atoms with E-state index in [-0.39, 0.29) is 0 Å². The van der Waals surface area contributed by atoms with Crippen molar-refractivity contribution in [3.05, 3.63) is 0 Å². The van der Waals surface area contributed by atoms with Gasteiger partial charge in [-0.2, -0.15) is 0 Å². The molecule has 1 atom stereocenters. The standard InChI is InChI=1S/C18H37NO2/c1-3-5-10-14-18(13-4-2)19-15-11-8-6-7-9-12-16-21-17-20/h17-19H,3-16H2,1-2H3. The zero-order valence-corrected chi connectivity index (χ0v) is 14.4. The molecule has 0 heterocycles. The fraction of sp³-hybridized carbons (Fsp3) is 0.944. The highest BCUT2D eigenvalue weighted by Crippen LogP contribution is 2.09. The zero-order chi connectivity index (χ0) is 15.6. The van der Waals surface area contributed by atoms with Gasteiger partial charge in [0.1, 0.15) is 0 Å². The van der Waals surface area contributed by atoms with Gasteiger partial charge in [0, 0.05) is 6.04 Å². The van der Waals surface area contributed by atoms with Crippen molar-refractivity contribution in [3.63, 3.8) is 0 Å². The van der Waals surface area contributed by atoms with Crippen molar-refractivity contribution >= 4 is 6.47 Å². The van der Waals surface area contributed by atoms with Crippen LogP contribution < -0.4 is 5.32 Å². The Hall–Kier alpha value is -0.570. The molecule has 0 saturated heterocycles. The van der Waals surface area contributed by atoms with Crippen molar-refractivity contribution < 1.29 is 9.53 Å². The van der Waals surface area contributed by atoms with Crippen molar-refractivity contribution in [3.8, 4) is 0 Å². The summed E-state index contributed by atoms with van der Waals surface area (Å²) in [6.07, 6.45) is 15.4. The van der Waals surface area contributed by atoms with Gasteiger partial charge in [-0.3, -0.25) is 4.79 Å². The second kappa shape index (κ2) is 17.5. The SMILES string of the molecule is CCCCCC(CCC)NCCCCCCCCOC=O. The molecule has 1 unspecified atom stereocenters. The molecule has 21 heavy (non-hydrogen) atoms. The predicted molar refractivity (Wildman–Crippen MR) is 90.6 cm³/mol. The van der Waals surface area contributed by atoms with Gasteiger partial charge in [-0.25, -0.2) is 0 Å². The summed E-state index contributed by atoms with van der Waals surface area (Å²) in [6, 6.07) is 0.738. The number of rotatable bonds is 17. The molecule has 0 aromatic heterocycles. The largest absolute Gasteiger partial charge is 0.468 e. The van der Waals surface area contributed by atoms with Gasteiger partial charge in [-0.15, -0.1) is 0 Å². The lowest BCUT2D eigenvalue weighted by molar-refractivity contribution is -0.128. The van der Waals surface area contributed by atoms with E-state index in [1.807, 2.05) is 0 Å². The van der Waals surface area contributed by atoms with Crippen molar-refractivity contribution in [2.24, 2.45) is 0 Å². The van der Waals surface area contributed by atoms with E-state index in [1.54, 1.807) is 0 Å². The Bertz CT molecular complexity index is 209. The summed E-state index contributed by atoms with van der Waals surface area (Å²) in [7, 11) is 0. The first kappa shape index (κ1) is 20.4. The third kappa shape index (κ3) is 15.6. The van der Waals surface area contributed by atoms with Crippen LogP contribution in [0.5, 0.6) is 0 Å². The quantitative estimate of drug-likeness (QED) is 0.308. The number of ether oxygens (including phenoxy) is 1. The van der Waals surface area contributed by atoms with Crippen molar-refractivity contribution in [1.29, 1.82) is 0 Å². The van der Waals surface area contributed by atoms with Gasteiger partial charge in [-0.05, 0) is 32.2 Å². The molecule has 3 heteroatoms. The van der Waals surface area contributed by atoms with Crippen LogP contribution in [0.1, 0.15) is 90.9 Å². The van der Waals surface area contributed by atoms with Crippen LogP contribution in [-0.2, 0) is 9.53 Å². The summed E-state index contributed by atoms with van der Waals surface area (Å²) in [4.78, 5) is 9.97. The van der Waals surface area contributed by atoms with Crippen LogP contribution in [-0.4, -0.2) is 25.7 Å². The van der Waals surface area contributed by atoms with E-state index in [0.29, 0.717) is 13.1 Å². The molecule has 0 amide bonds. The molecule has 0 aromatic carbocycles. The molecule has 0 aromatic rings. The Kier molecular flexibility index (Phi) is 17.0. The van der Waals surface area contributed by atoms with E-state index in [9.17, 15) is 4.79 Å². The van der Waals surface area contributed by atoms with Gasteiger partial charge in [0.05, 0.1) is 6.61 Å². The van der Waals surface area contributed by atoms with E-state index in [0.717, 1.165) is 12.5 Å². The highest BCUT2D eigenvalue weighted by Gasteiger charge is 2.05. The van der Waals surface area contributed by atoms with Gasteiger partial charge < -0.3 is 10.1 Å². The third-order valence-electron chi connectivity index (χ3n) is 3.98. The molecule has 0 aliphatic carbocycles. The minimum Gasteiger partial charge on any atom is -0.468 e. The van der Waals surface area contributed by atoms with E-state index in [1.165, 1.54) is 77.2 Å². The summed E-state index contributed by atoms with van der Waals surface area (Å²) in [5.74, 6) is 0. The van der Waals surface area contributed by atoms with Crippen molar-refractivity contribution in [1.82, 2.24) is 5.32 Å². The topological polar surface area (TPSA) is 38.3 Å². The third-order valence-corrected chi connectivity index (χ3v) is 3.98. The van der Waals surface area contributed by atoms with Gasteiger partial charge in [-0.1, -0.05) is 65.2 Å². The Morgan fingerprint density at radius 2 is 1.57 bits per heavy atom. The van der Waals surface area contributed by atoms with Crippen molar-refractivity contribution in [2.75, 3.05) is 13.2 Å². The minimum absolute atomic E-state index is 0.541. The Balaban J connectivity index is 3.34. The summed E-state index contributed by atoms with van der Waals surface area (Å²) < 4.78 is 4.68. The van der Waals surface area contributed by atoms with Crippen molar-refractivity contribution in [2.45, 2.75) is 96.9 Å². The van der Waals surface area contributed by atoms with Crippen LogP contribution >= 0.6 is 0 Å². The number of carbonyl (C=O) groups is 1. The van der Waals surface area contributed by atoms with Gasteiger partial charge in [0.25, 0.3) is 6.47 Å². The second-order valence-corrected chi connectivity index (χ2v) is 6.02. The smallest absolute Gasteiger partial charge is 0.293 e. The monoisotopic (exact) mass is 299 g/mol. The normalized spacial score (nSPS) is 12.3. The molecule has 0 spiro atoms. The summed E-state index contributed by atoms with van der Waals surface area (Å²) in [5.41, 5.74) is 0. The number of nitrogens with one attached hydrogen (secondary N) is 1. The van der Waals surface area contributed by atoms with Gasteiger partial charge >= 0.3 is 0 Å². The molecule has 1 N–H and O–H groups in total. The van der Waals surface area contributed by atoms with Crippen LogP contribution in [0.15, 0.2) is 0 Å². The molecule has 3 nitrogen and oxygen atoms in total. The number of hydrogen-bond donors (Lipinski definition) is 1. The lowest BCUT2D eigenvalue weighted by Crippen LogP contribution is -2.29. The zero-order valence-electron chi connectivity index (χ0n) is 14.4. The van der Waals surface area contributed by atoms with Crippen LogP contribution in [0, 0.1) is 0 Å². The van der Waals surface area contributed by atoms with Crippen LogP contribution in [0.3, 0.4) is 0 Å². The minimum atomic E-state index is 0.541. The molecule has 0 bridgehead atoms. The number of hydrogen-bond acceptors (Lipinski definition) is 3. The lowest BCUT2D eigenvalue weighted by Gasteiger charge is -2.18. The maximum Gasteiger partial charge on any atom is 0.293 e. The second-order valence-electron chi connectivity index (χ2n) is 6.02. The summed E-state index contributed by atoms with van der Waals surface area (Å²) >= 11 is 0. The average Bonchev–Trinajstić information content (AvgIpc) is 2.49. The molecule has 0 saturated carbocycles. The van der Waals surface area contributed by atoms with E-state index in [2.05, 4.69) is 23.9 Å². The van der Waals surface area contributed by atoms with Crippen LogP contribution in [0.2, 0.25) is 0 Å². The predicted octanol–water partition coefficient (Wildman–Crippen LogP) is 4.84. The highest BCUT2D eigenvalue weighted by atomic mass is 16.5. The number of carbonyl (C=O) groups excluding carboxylic acids is 1. The molecule has 0 aliphatic heterocycles. The molecule has 0 aliphatic rings. The first-order valence-electron chi connectivity index (χ1n) is 9.13. The molecular weight excluding hydrogens is 262 g/mol. The first-order chi connectivity index (χ1) is 10.3. The highest BCUT2D eigenvalue weighted by molar-refractivity contribution is 5.36. The molecule has 0 radical (unpaired) electrons. The van der Waals surface area contributed by atoms with E-state index in [4.69, 9.17) is 0 Å². The van der Waals surface area contributed by atoms with Gasteiger partial charge in [0.2, 0.25) is 0 Å². The fourth-order valence-corrected chi connectivity index (χ4v) is 2.71. The average molecular weight is 299 g/mol.